The van der Waals surface area contributed by atoms with E-state index in [-0.39, 0.29) is 12.4 Å². The minimum absolute atomic E-state index is 0.139. The first-order valence-electron chi connectivity index (χ1n) is 12.8. The zero-order chi connectivity index (χ0) is 24.9. The van der Waals surface area contributed by atoms with Crippen LogP contribution in [-0.2, 0) is 27.2 Å². The molecular weight excluding hydrogens is 418 g/mol. The van der Waals surface area contributed by atoms with Crippen molar-refractivity contribution >= 4 is 11.9 Å². The van der Waals surface area contributed by atoms with E-state index >= 15 is 0 Å². The van der Waals surface area contributed by atoms with Crippen molar-refractivity contribution in [3.05, 3.63) is 22.6 Å². The number of carbonyl (C=O) groups is 2. The Morgan fingerprint density at radius 1 is 0.879 bits per heavy atom. The average Bonchev–Trinajstić information content (AvgIpc) is 2.96. The number of aliphatic carboxylic acids is 1. The Morgan fingerprint density at radius 3 is 1.91 bits per heavy atom. The van der Waals surface area contributed by atoms with Gasteiger partial charge in [-0.15, -0.1) is 0 Å². The van der Waals surface area contributed by atoms with E-state index in [1.807, 2.05) is 21.1 Å². The molecule has 0 aliphatic rings. The maximum atomic E-state index is 12.1. The van der Waals surface area contributed by atoms with Crippen LogP contribution in [0.2, 0.25) is 0 Å². The normalized spacial score (nSPS) is 12.7. The van der Waals surface area contributed by atoms with Gasteiger partial charge in [0, 0.05) is 19.3 Å². The lowest BCUT2D eigenvalue weighted by Gasteiger charge is -2.28. The molecule has 0 aromatic carbocycles. The fraction of sp³-hybridized carbons (Fsp3) is 0.778. The second-order valence-corrected chi connectivity index (χ2v) is 10.5. The molecule has 0 aliphatic heterocycles. The van der Waals surface area contributed by atoms with Gasteiger partial charge in [0.25, 0.3) is 0 Å². The van der Waals surface area contributed by atoms with E-state index in [0.29, 0.717) is 17.4 Å². The summed E-state index contributed by atoms with van der Waals surface area (Å²) < 4.78 is 12.1. The molecule has 1 N–H and O–H groups in total. The van der Waals surface area contributed by atoms with Gasteiger partial charge in [0.05, 0.1) is 27.6 Å². The summed E-state index contributed by atoms with van der Waals surface area (Å²) in [5, 5.41) is 9.04. The van der Waals surface area contributed by atoms with Crippen molar-refractivity contribution in [2.75, 3.05) is 27.7 Å². The fourth-order valence-corrected chi connectivity index (χ4v) is 4.23. The van der Waals surface area contributed by atoms with E-state index in [1.165, 1.54) is 54.8 Å². The van der Waals surface area contributed by atoms with Gasteiger partial charge >= 0.3 is 11.9 Å². The number of rotatable bonds is 18. The summed E-state index contributed by atoms with van der Waals surface area (Å²) in [5.41, 5.74) is 2.67. The highest BCUT2D eigenvalue weighted by Gasteiger charge is 2.24. The van der Waals surface area contributed by atoms with Crippen LogP contribution in [0.15, 0.2) is 4.42 Å². The molecule has 190 valence electrons. The van der Waals surface area contributed by atoms with Gasteiger partial charge in [-0.2, -0.15) is 0 Å². The largest absolute Gasteiger partial charge is 0.481 e. The minimum atomic E-state index is -0.933. The molecule has 0 bridgehead atoms. The van der Waals surface area contributed by atoms with Crippen LogP contribution in [0.5, 0.6) is 0 Å². The first-order valence-corrected chi connectivity index (χ1v) is 12.8. The summed E-state index contributed by atoms with van der Waals surface area (Å²) in [4.78, 5) is 23.1. The molecule has 0 aliphatic carbocycles. The summed E-state index contributed by atoms with van der Waals surface area (Å²) in [6, 6.07) is 0. The van der Waals surface area contributed by atoms with Crippen molar-refractivity contribution in [1.29, 1.82) is 0 Å². The first-order chi connectivity index (χ1) is 15.5. The molecule has 1 aromatic heterocycles. The Kier molecular flexibility index (Phi) is 13.4. The van der Waals surface area contributed by atoms with Crippen molar-refractivity contribution in [1.82, 2.24) is 0 Å². The average molecular weight is 467 g/mol. The van der Waals surface area contributed by atoms with Crippen molar-refractivity contribution < 1.29 is 28.3 Å². The molecule has 0 amide bonds. The van der Waals surface area contributed by atoms with E-state index < -0.39 is 12.1 Å². The summed E-state index contributed by atoms with van der Waals surface area (Å²) in [6.45, 7) is 7.04. The van der Waals surface area contributed by atoms with E-state index in [1.54, 1.807) is 0 Å². The van der Waals surface area contributed by atoms with E-state index in [2.05, 4.69) is 20.8 Å². The number of carbonyl (C=O) groups excluding carboxylic acids is 1. The Labute approximate surface area is 201 Å². The number of hydrogen-bond donors (Lipinski definition) is 1. The van der Waals surface area contributed by atoms with Crippen molar-refractivity contribution in [2.24, 2.45) is 0 Å². The van der Waals surface area contributed by atoms with Crippen LogP contribution in [0.25, 0.3) is 0 Å². The first kappa shape index (κ1) is 29.2. The van der Waals surface area contributed by atoms with Gasteiger partial charge in [-0.25, -0.2) is 0 Å². The summed E-state index contributed by atoms with van der Waals surface area (Å²) in [6.07, 6.45) is 11.9. The number of esters is 1. The SMILES string of the molecule is CCCc1oc(CCCCCCCCCCC(=O)OC(CC(=O)O)C[N+](C)(C)C)c(C)c1C. The molecule has 0 saturated heterocycles. The molecule has 1 atom stereocenters. The quantitative estimate of drug-likeness (QED) is 0.163. The standard InChI is InChI=1S/C27H47NO5/c1-7-16-24-21(2)22(3)25(33-24)17-14-12-10-8-9-11-13-15-18-27(31)32-23(19-26(29)30)20-28(4,5)6/h23H,7-20H2,1-6H3/p+1. The maximum Gasteiger partial charge on any atom is 0.307 e. The van der Waals surface area contributed by atoms with Crippen LogP contribution < -0.4 is 0 Å². The second-order valence-electron chi connectivity index (χ2n) is 10.5. The molecule has 1 rings (SSSR count). The van der Waals surface area contributed by atoms with Gasteiger partial charge in [-0.1, -0.05) is 45.4 Å². The van der Waals surface area contributed by atoms with E-state index in [0.717, 1.165) is 38.5 Å². The van der Waals surface area contributed by atoms with Crippen LogP contribution in [0.3, 0.4) is 0 Å². The number of carboxylic acids is 1. The van der Waals surface area contributed by atoms with Crippen molar-refractivity contribution in [3.63, 3.8) is 0 Å². The van der Waals surface area contributed by atoms with E-state index in [4.69, 9.17) is 14.3 Å². The smallest absolute Gasteiger partial charge is 0.307 e. The van der Waals surface area contributed by atoms with Gasteiger partial charge in [-0.3, -0.25) is 9.59 Å². The molecule has 1 aromatic rings. The number of quaternary nitrogens is 1. The number of likely N-dealkylation sites (N-methyl/N-ethyl adjacent to an activating group) is 1. The van der Waals surface area contributed by atoms with Gasteiger partial charge < -0.3 is 18.7 Å². The topological polar surface area (TPSA) is 76.7 Å². The molecule has 1 unspecified atom stereocenters. The minimum Gasteiger partial charge on any atom is -0.481 e. The van der Waals surface area contributed by atoms with Crippen LogP contribution in [0.1, 0.15) is 100 Å². The van der Waals surface area contributed by atoms with Gasteiger partial charge in [-0.05, 0) is 44.2 Å². The summed E-state index contributed by atoms with van der Waals surface area (Å²) in [7, 11) is 5.89. The highest BCUT2D eigenvalue weighted by molar-refractivity contribution is 5.71. The lowest BCUT2D eigenvalue weighted by atomic mass is 10.0. The monoisotopic (exact) mass is 466 g/mol. The van der Waals surface area contributed by atoms with Gasteiger partial charge in [0.1, 0.15) is 18.1 Å². The van der Waals surface area contributed by atoms with Crippen LogP contribution in [-0.4, -0.2) is 55.3 Å². The predicted molar refractivity (Wildman–Crippen MR) is 132 cm³/mol. The number of furan rings is 1. The number of hydrogen-bond acceptors (Lipinski definition) is 4. The zero-order valence-electron chi connectivity index (χ0n) is 22.0. The molecule has 0 spiro atoms. The van der Waals surface area contributed by atoms with Crippen LogP contribution in [0.4, 0.5) is 0 Å². The van der Waals surface area contributed by atoms with Crippen molar-refractivity contribution in [3.8, 4) is 0 Å². The Morgan fingerprint density at radius 2 is 1.39 bits per heavy atom. The third-order valence-corrected chi connectivity index (χ3v) is 6.11. The zero-order valence-corrected chi connectivity index (χ0v) is 22.0. The number of nitrogens with zero attached hydrogens (tertiary/aromatic N) is 1. The van der Waals surface area contributed by atoms with Gasteiger partial charge in [0.2, 0.25) is 0 Å². The van der Waals surface area contributed by atoms with Gasteiger partial charge in [0.15, 0.2) is 6.10 Å². The molecule has 33 heavy (non-hydrogen) atoms. The molecule has 0 saturated carbocycles. The molecule has 0 fully saturated rings. The fourth-order valence-electron chi connectivity index (χ4n) is 4.23. The van der Waals surface area contributed by atoms with E-state index in [9.17, 15) is 9.59 Å². The molecule has 1 heterocycles. The number of aryl methyl sites for hydroxylation is 2. The second kappa shape index (κ2) is 15.2. The Bertz CT molecular complexity index is 717. The third kappa shape index (κ3) is 12.9. The molecule has 6 heteroatoms. The highest BCUT2D eigenvalue weighted by Crippen LogP contribution is 2.24. The van der Waals surface area contributed by atoms with Crippen molar-refractivity contribution in [2.45, 2.75) is 110 Å². The number of unbranched alkanes of at least 4 members (excludes halogenated alkanes) is 7. The maximum absolute atomic E-state index is 12.1. The molecule has 6 nitrogen and oxygen atoms in total. The number of ether oxygens (including phenoxy) is 1. The molecule has 0 radical (unpaired) electrons. The lowest BCUT2D eigenvalue weighted by molar-refractivity contribution is -0.873. The lowest BCUT2D eigenvalue weighted by Crippen LogP contribution is -2.43. The third-order valence-electron chi connectivity index (χ3n) is 6.11. The Balaban J connectivity index is 2.10. The summed E-state index contributed by atoms with van der Waals surface area (Å²) >= 11 is 0. The van der Waals surface area contributed by atoms with Crippen LogP contribution >= 0.6 is 0 Å². The summed E-state index contributed by atoms with van der Waals surface area (Å²) in [5.74, 6) is 1.13. The molecular formula is C27H48NO5+. The predicted octanol–water partition coefficient (Wildman–Crippen LogP) is 6.00. The number of carboxylic acid groups (broad SMARTS) is 1. The highest BCUT2D eigenvalue weighted by atomic mass is 16.5. The van der Waals surface area contributed by atoms with Crippen LogP contribution in [0, 0.1) is 13.8 Å². The Hall–Kier alpha value is -1.82.